The van der Waals surface area contributed by atoms with Gasteiger partial charge in [-0.05, 0) is 18.8 Å². The molecule has 3 heterocycles. The molecule has 0 spiro atoms. The second-order valence-electron chi connectivity index (χ2n) is 4.81. The molecule has 0 unspecified atom stereocenters. The molecule has 1 N–H and O–H groups in total. The highest BCUT2D eigenvalue weighted by Gasteiger charge is 2.18. The maximum atomic E-state index is 11.5. The number of rotatable bonds is 1. The van der Waals surface area contributed by atoms with Gasteiger partial charge in [0.1, 0.15) is 5.39 Å². The first-order valence-corrected chi connectivity index (χ1v) is 6.19. The van der Waals surface area contributed by atoms with Gasteiger partial charge in [-0.1, -0.05) is 6.92 Å². The first-order valence-electron chi connectivity index (χ1n) is 6.19. The maximum Gasteiger partial charge on any atom is 0.261 e. The number of nitrogens with one attached hydrogen (secondary N) is 1. The van der Waals surface area contributed by atoms with Crippen LogP contribution in [-0.2, 0) is 0 Å². The van der Waals surface area contributed by atoms with Gasteiger partial charge < -0.3 is 9.88 Å². The minimum Gasteiger partial charge on any atom is -0.341 e. The van der Waals surface area contributed by atoms with Crippen LogP contribution in [0.3, 0.4) is 0 Å². The van der Waals surface area contributed by atoms with Gasteiger partial charge in [-0.25, -0.2) is 9.97 Å². The molecule has 6 heteroatoms. The largest absolute Gasteiger partial charge is 0.341 e. The lowest BCUT2D eigenvalue weighted by molar-refractivity contribution is 0.434. The lowest BCUT2D eigenvalue weighted by Crippen LogP contribution is -2.34. The predicted octanol–water partition coefficient (Wildman–Crippen LogP) is 0.949. The van der Waals surface area contributed by atoms with Gasteiger partial charge in [0.2, 0.25) is 5.95 Å². The van der Waals surface area contributed by atoms with Crippen LogP contribution >= 0.6 is 0 Å². The van der Waals surface area contributed by atoms with E-state index in [0.717, 1.165) is 31.8 Å². The third-order valence-electron chi connectivity index (χ3n) is 3.45. The predicted molar refractivity (Wildman–Crippen MR) is 68.6 cm³/mol. The van der Waals surface area contributed by atoms with Gasteiger partial charge in [-0.15, -0.1) is 0 Å². The monoisotopic (exact) mass is 245 g/mol. The molecule has 1 saturated heterocycles. The molecule has 2 aromatic heterocycles. The van der Waals surface area contributed by atoms with E-state index in [1.165, 1.54) is 6.33 Å². The Morgan fingerprint density at radius 3 is 2.89 bits per heavy atom. The van der Waals surface area contributed by atoms with Crippen molar-refractivity contribution in [2.24, 2.45) is 5.92 Å². The first kappa shape index (κ1) is 11.1. The quantitative estimate of drug-likeness (QED) is 0.809. The van der Waals surface area contributed by atoms with E-state index in [-0.39, 0.29) is 5.56 Å². The molecule has 1 fully saturated rings. The van der Waals surface area contributed by atoms with Gasteiger partial charge in [0.15, 0.2) is 5.65 Å². The van der Waals surface area contributed by atoms with E-state index >= 15 is 0 Å². The minimum atomic E-state index is -0.196. The van der Waals surface area contributed by atoms with E-state index in [1.54, 1.807) is 6.20 Å². The molecule has 1 aliphatic heterocycles. The van der Waals surface area contributed by atoms with Gasteiger partial charge in [-0.3, -0.25) is 4.79 Å². The second-order valence-corrected chi connectivity index (χ2v) is 4.81. The van der Waals surface area contributed by atoms with E-state index in [9.17, 15) is 4.79 Å². The van der Waals surface area contributed by atoms with Crippen molar-refractivity contribution in [3.05, 3.63) is 22.9 Å². The summed E-state index contributed by atoms with van der Waals surface area (Å²) in [6, 6.07) is 0. The standard InChI is InChI=1S/C12H15N5O/c1-8-2-4-17(5-3-8)12-13-6-9-10(16-12)14-7-15-11(9)18/h6-8H,2-5H2,1H3,(H,13,14,15,16,18). The Bertz CT molecular complexity index is 615. The summed E-state index contributed by atoms with van der Waals surface area (Å²) in [5.41, 5.74) is 0.265. The van der Waals surface area contributed by atoms with Gasteiger partial charge in [-0.2, -0.15) is 4.98 Å². The molecule has 94 valence electrons. The molecule has 0 aromatic carbocycles. The Balaban J connectivity index is 1.96. The zero-order chi connectivity index (χ0) is 12.5. The van der Waals surface area contributed by atoms with Crippen molar-refractivity contribution in [2.75, 3.05) is 18.0 Å². The highest BCUT2D eigenvalue weighted by molar-refractivity contribution is 5.73. The number of hydrogen-bond acceptors (Lipinski definition) is 5. The molecule has 18 heavy (non-hydrogen) atoms. The fraction of sp³-hybridized carbons (Fsp3) is 0.500. The van der Waals surface area contributed by atoms with E-state index in [1.807, 2.05) is 0 Å². The number of anilines is 1. The Morgan fingerprint density at radius 2 is 2.11 bits per heavy atom. The minimum absolute atomic E-state index is 0.196. The second kappa shape index (κ2) is 4.36. The molecule has 0 saturated carbocycles. The third kappa shape index (κ3) is 1.94. The van der Waals surface area contributed by atoms with Crippen LogP contribution in [0.2, 0.25) is 0 Å². The van der Waals surface area contributed by atoms with Crippen LogP contribution in [0.15, 0.2) is 17.3 Å². The highest BCUT2D eigenvalue weighted by atomic mass is 16.1. The molecule has 2 aromatic rings. The van der Waals surface area contributed by atoms with Crippen molar-refractivity contribution in [1.82, 2.24) is 19.9 Å². The zero-order valence-electron chi connectivity index (χ0n) is 10.3. The van der Waals surface area contributed by atoms with Crippen LogP contribution in [0.1, 0.15) is 19.8 Å². The molecule has 0 bridgehead atoms. The Hall–Kier alpha value is -1.98. The molecule has 6 nitrogen and oxygen atoms in total. The topological polar surface area (TPSA) is 74.8 Å². The van der Waals surface area contributed by atoms with Crippen LogP contribution < -0.4 is 10.5 Å². The lowest BCUT2D eigenvalue weighted by atomic mass is 10.00. The smallest absolute Gasteiger partial charge is 0.261 e. The van der Waals surface area contributed by atoms with E-state index in [4.69, 9.17) is 0 Å². The number of nitrogens with zero attached hydrogens (tertiary/aromatic N) is 4. The molecular weight excluding hydrogens is 230 g/mol. The molecule has 0 atom stereocenters. The summed E-state index contributed by atoms with van der Waals surface area (Å²) >= 11 is 0. The van der Waals surface area contributed by atoms with Crippen LogP contribution in [0.4, 0.5) is 5.95 Å². The lowest BCUT2D eigenvalue weighted by Gasteiger charge is -2.30. The number of aromatic amines is 1. The normalized spacial score (nSPS) is 17.3. The van der Waals surface area contributed by atoms with Gasteiger partial charge in [0, 0.05) is 19.3 Å². The Labute approximate surface area is 104 Å². The Morgan fingerprint density at radius 1 is 1.33 bits per heavy atom. The van der Waals surface area contributed by atoms with Gasteiger partial charge in [0.05, 0.1) is 6.33 Å². The van der Waals surface area contributed by atoms with Crippen LogP contribution in [0.5, 0.6) is 0 Å². The number of aromatic nitrogens is 4. The summed E-state index contributed by atoms with van der Waals surface area (Å²) in [6.45, 7) is 4.20. The number of hydrogen-bond donors (Lipinski definition) is 1. The van der Waals surface area contributed by atoms with Gasteiger partial charge >= 0.3 is 0 Å². The van der Waals surface area contributed by atoms with Crippen LogP contribution in [-0.4, -0.2) is 33.0 Å². The SMILES string of the molecule is CC1CCN(c2ncc3c(=O)[nH]cnc3n2)CC1. The van der Waals surface area contributed by atoms with E-state index in [2.05, 4.69) is 31.8 Å². The number of H-pyrrole nitrogens is 1. The fourth-order valence-electron chi connectivity index (χ4n) is 2.21. The zero-order valence-corrected chi connectivity index (χ0v) is 10.3. The van der Waals surface area contributed by atoms with Crippen molar-refractivity contribution in [2.45, 2.75) is 19.8 Å². The van der Waals surface area contributed by atoms with Crippen LogP contribution in [0.25, 0.3) is 11.0 Å². The summed E-state index contributed by atoms with van der Waals surface area (Å²) in [5.74, 6) is 1.44. The molecule has 0 aliphatic carbocycles. The summed E-state index contributed by atoms with van der Waals surface area (Å²) in [5, 5.41) is 0.437. The fourth-order valence-corrected chi connectivity index (χ4v) is 2.21. The highest BCUT2D eigenvalue weighted by Crippen LogP contribution is 2.20. The summed E-state index contributed by atoms with van der Waals surface area (Å²) in [6.07, 6.45) is 5.25. The average molecular weight is 245 g/mol. The summed E-state index contributed by atoms with van der Waals surface area (Å²) in [7, 11) is 0. The molecular formula is C12H15N5O. The van der Waals surface area contributed by atoms with Crippen molar-refractivity contribution in [1.29, 1.82) is 0 Å². The van der Waals surface area contributed by atoms with E-state index in [0.29, 0.717) is 17.0 Å². The van der Waals surface area contributed by atoms with E-state index < -0.39 is 0 Å². The number of piperidine rings is 1. The Kier molecular flexibility index (Phi) is 2.70. The molecule has 0 amide bonds. The third-order valence-corrected chi connectivity index (χ3v) is 3.45. The summed E-state index contributed by atoms with van der Waals surface area (Å²) < 4.78 is 0. The molecule has 1 aliphatic rings. The molecule has 0 radical (unpaired) electrons. The molecule has 3 rings (SSSR count). The number of fused-ring (bicyclic) bond motifs is 1. The maximum absolute atomic E-state index is 11.5. The van der Waals surface area contributed by atoms with Crippen molar-refractivity contribution < 1.29 is 0 Å². The van der Waals surface area contributed by atoms with Crippen LogP contribution in [0, 0.1) is 5.92 Å². The van der Waals surface area contributed by atoms with Crippen molar-refractivity contribution in [3.63, 3.8) is 0 Å². The van der Waals surface area contributed by atoms with Gasteiger partial charge in [0.25, 0.3) is 5.56 Å². The van der Waals surface area contributed by atoms with Crippen molar-refractivity contribution >= 4 is 17.0 Å². The first-order chi connectivity index (χ1) is 8.74. The summed E-state index contributed by atoms with van der Waals surface area (Å²) in [4.78, 5) is 28.9. The average Bonchev–Trinajstić information content (AvgIpc) is 2.39. The van der Waals surface area contributed by atoms with Crippen molar-refractivity contribution in [3.8, 4) is 0 Å².